The van der Waals surface area contributed by atoms with Gasteiger partial charge < -0.3 is 5.32 Å². The molecule has 116 valence electrons. The maximum Gasteiger partial charge on any atom is 0.0211 e. The molecule has 2 aliphatic carbocycles. The van der Waals surface area contributed by atoms with Gasteiger partial charge in [-0.1, -0.05) is 51.5 Å². The van der Waals surface area contributed by atoms with Gasteiger partial charge in [0.15, 0.2) is 0 Å². The van der Waals surface area contributed by atoms with Gasteiger partial charge in [0.2, 0.25) is 0 Å². The van der Waals surface area contributed by atoms with E-state index >= 15 is 0 Å². The standard InChI is InChI=1S/C20H31N/c1-14(2)18-11-8-15(3)12-20(18)21-13-17-6-4-5-7-19(17)16-9-10-16/h4-7,14-16,18,20-21H,8-13H2,1-3H3. The van der Waals surface area contributed by atoms with Crippen molar-refractivity contribution < 1.29 is 0 Å². The van der Waals surface area contributed by atoms with Crippen LogP contribution in [-0.2, 0) is 6.54 Å². The zero-order chi connectivity index (χ0) is 14.8. The molecule has 0 saturated heterocycles. The van der Waals surface area contributed by atoms with E-state index in [0.29, 0.717) is 6.04 Å². The average Bonchev–Trinajstić information content (AvgIpc) is 3.29. The molecular formula is C20H31N. The molecule has 21 heavy (non-hydrogen) atoms. The normalized spacial score (nSPS) is 29.8. The van der Waals surface area contributed by atoms with E-state index in [1.807, 2.05) is 0 Å². The van der Waals surface area contributed by atoms with Crippen LogP contribution in [0.2, 0.25) is 0 Å². The lowest BCUT2D eigenvalue weighted by atomic mass is 9.74. The molecule has 0 aliphatic heterocycles. The Morgan fingerprint density at radius 2 is 1.86 bits per heavy atom. The zero-order valence-corrected chi connectivity index (χ0v) is 13.9. The molecule has 0 heterocycles. The fourth-order valence-corrected chi connectivity index (χ4v) is 4.17. The topological polar surface area (TPSA) is 12.0 Å². The van der Waals surface area contributed by atoms with E-state index in [-0.39, 0.29) is 0 Å². The molecule has 1 nitrogen and oxygen atoms in total. The van der Waals surface area contributed by atoms with Gasteiger partial charge in [-0.2, -0.15) is 0 Å². The van der Waals surface area contributed by atoms with Crippen LogP contribution >= 0.6 is 0 Å². The number of benzene rings is 1. The van der Waals surface area contributed by atoms with Gasteiger partial charge in [0, 0.05) is 12.6 Å². The molecule has 3 rings (SSSR count). The molecule has 1 aromatic rings. The van der Waals surface area contributed by atoms with E-state index < -0.39 is 0 Å². The van der Waals surface area contributed by atoms with E-state index in [0.717, 1.165) is 30.2 Å². The van der Waals surface area contributed by atoms with Gasteiger partial charge in [0.1, 0.15) is 0 Å². The molecule has 3 atom stereocenters. The van der Waals surface area contributed by atoms with E-state index in [1.54, 1.807) is 11.1 Å². The largest absolute Gasteiger partial charge is 0.310 e. The molecule has 0 aromatic heterocycles. The Kier molecular flexibility index (Phi) is 4.69. The number of hydrogen-bond acceptors (Lipinski definition) is 1. The van der Waals surface area contributed by atoms with Crippen molar-refractivity contribution in [3.05, 3.63) is 35.4 Å². The van der Waals surface area contributed by atoms with Crippen molar-refractivity contribution in [3.63, 3.8) is 0 Å². The van der Waals surface area contributed by atoms with Gasteiger partial charge in [-0.15, -0.1) is 0 Å². The van der Waals surface area contributed by atoms with Crippen LogP contribution in [0.15, 0.2) is 24.3 Å². The third-order valence-corrected chi connectivity index (χ3v) is 5.65. The van der Waals surface area contributed by atoms with Crippen LogP contribution in [0, 0.1) is 17.8 Å². The molecular weight excluding hydrogens is 254 g/mol. The van der Waals surface area contributed by atoms with Crippen molar-refractivity contribution in [1.29, 1.82) is 0 Å². The van der Waals surface area contributed by atoms with Crippen LogP contribution in [-0.4, -0.2) is 6.04 Å². The summed E-state index contributed by atoms with van der Waals surface area (Å²) >= 11 is 0. The van der Waals surface area contributed by atoms with Gasteiger partial charge in [-0.25, -0.2) is 0 Å². The predicted octanol–water partition coefficient (Wildman–Crippen LogP) is 5.11. The Morgan fingerprint density at radius 3 is 2.57 bits per heavy atom. The van der Waals surface area contributed by atoms with Crippen LogP contribution in [0.5, 0.6) is 0 Å². The summed E-state index contributed by atoms with van der Waals surface area (Å²) in [4.78, 5) is 0. The van der Waals surface area contributed by atoms with Gasteiger partial charge in [0.05, 0.1) is 0 Å². The van der Waals surface area contributed by atoms with Gasteiger partial charge in [-0.3, -0.25) is 0 Å². The van der Waals surface area contributed by atoms with Gasteiger partial charge in [-0.05, 0) is 60.5 Å². The number of rotatable bonds is 5. The van der Waals surface area contributed by atoms with Crippen molar-refractivity contribution in [2.24, 2.45) is 17.8 Å². The minimum atomic E-state index is 0.709. The summed E-state index contributed by atoms with van der Waals surface area (Å²) in [6.07, 6.45) is 6.97. The SMILES string of the molecule is CC1CCC(C(C)C)C(NCc2ccccc2C2CC2)C1. The van der Waals surface area contributed by atoms with Crippen molar-refractivity contribution in [1.82, 2.24) is 5.32 Å². The first-order valence-corrected chi connectivity index (χ1v) is 8.96. The van der Waals surface area contributed by atoms with E-state index in [1.165, 1.54) is 32.1 Å². The fraction of sp³-hybridized carbons (Fsp3) is 0.700. The Bertz CT molecular complexity index is 461. The Morgan fingerprint density at radius 1 is 1.10 bits per heavy atom. The molecule has 0 radical (unpaired) electrons. The maximum atomic E-state index is 3.92. The Balaban J connectivity index is 1.65. The van der Waals surface area contributed by atoms with E-state index in [9.17, 15) is 0 Å². The molecule has 0 amide bonds. The van der Waals surface area contributed by atoms with E-state index in [2.05, 4.69) is 50.4 Å². The Labute approximate surface area is 130 Å². The highest BCUT2D eigenvalue weighted by Gasteiger charge is 2.31. The lowest BCUT2D eigenvalue weighted by Gasteiger charge is -2.38. The van der Waals surface area contributed by atoms with Crippen LogP contribution in [0.3, 0.4) is 0 Å². The molecule has 2 aliphatic rings. The van der Waals surface area contributed by atoms with Crippen molar-refractivity contribution in [3.8, 4) is 0 Å². The summed E-state index contributed by atoms with van der Waals surface area (Å²) in [6, 6.07) is 9.79. The van der Waals surface area contributed by atoms with Crippen LogP contribution in [0.4, 0.5) is 0 Å². The van der Waals surface area contributed by atoms with Crippen LogP contribution in [0.1, 0.15) is 69.9 Å². The first-order chi connectivity index (χ1) is 10.1. The summed E-state index contributed by atoms with van der Waals surface area (Å²) in [7, 11) is 0. The quantitative estimate of drug-likeness (QED) is 0.792. The number of hydrogen-bond donors (Lipinski definition) is 1. The summed E-state index contributed by atoms with van der Waals surface area (Å²) in [5, 5.41) is 3.92. The smallest absolute Gasteiger partial charge is 0.0211 e. The first-order valence-electron chi connectivity index (χ1n) is 8.96. The lowest BCUT2D eigenvalue weighted by molar-refractivity contribution is 0.169. The molecule has 0 bridgehead atoms. The molecule has 0 spiro atoms. The highest BCUT2D eigenvalue weighted by atomic mass is 14.9. The Hall–Kier alpha value is -0.820. The number of nitrogens with one attached hydrogen (secondary N) is 1. The molecule has 2 saturated carbocycles. The second kappa shape index (κ2) is 6.52. The summed E-state index contributed by atoms with van der Waals surface area (Å²) in [6.45, 7) is 8.28. The molecule has 1 aromatic carbocycles. The van der Waals surface area contributed by atoms with Crippen LogP contribution in [0.25, 0.3) is 0 Å². The van der Waals surface area contributed by atoms with Crippen molar-refractivity contribution in [2.75, 3.05) is 0 Å². The van der Waals surface area contributed by atoms with E-state index in [4.69, 9.17) is 0 Å². The average molecular weight is 285 g/mol. The monoisotopic (exact) mass is 285 g/mol. The molecule has 1 N–H and O–H groups in total. The van der Waals surface area contributed by atoms with Gasteiger partial charge >= 0.3 is 0 Å². The third-order valence-electron chi connectivity index (χ3n) is 5.65. The molecule has 3 unspecified atom stereocenters. The molecule has 1 heteroatoms. The third kappa shape index (κ3) is 3.69. The minimum Gasteiger partial charge on any atom is -0.310 e. The van der Waals surface area contributed by atoms with Crippen molar-refractivity contribution >= 4 is 0 Å². The summed E-state index contributed by atoms with van der Waals surface area (Å²) in [5.41, 5.74) is 3.15. The summed E-state index contributed by atoms with van der Waals surface area (Å²) in [5.74, 6) is 3.40. The highest BCUT2D eigenvalue weighted by molar-refractivity contribution is 5.33. The minimum absolute atomic E-state index is 0.709. The second-order valence-electron chi connectivity index (χ2n) is 7.79. The fourth-order valence-electron chi connectivity index (χ4n) is 4.17. The van der Waals surface area contributed by atoms with Gasteiger partial charge in [0.25, 0.3) is 0 Å². The highest BCUT2D eigenvalue weighted by Crippen LogP contribution is 2.41. The molecule has 2 fully saturated rings. The second-order valence-corrected chi connectivity index (χ2v) is 7.79. The zero-order valence-electron chi connectivity index (χ0n) is 13.9. The first kappa shape index (κ1) is 15.1. The predicted molar refractivity (Wildman–Crippen MR) is 90.4 cm³/mol. The van der Waals surface area contributed by atoms with Crippen molar-refractivity contribution in [2.45, 2.75) is 71.4 Å². The lowest BCUT2D eigenvalue weighted by Crippen LogP contribution is -2.42. The summed E-state index contributed by atoms with van der Waals surface area (Å²) < 4.78 is 0. The van der Waals surface area contributed by atoms with Crippen LogP contribution < -0.4 is 5.32 Å². The maximum absolute atomic E-state index is 3.92.